The van der Waals surface area contributed by atoms with Gasteiger partial charge in [0, 0.05) is 17.3 Å². The quantitative estimate of drug-likeness (QED) is 0.752. The summed E-state index contributed by atoms with van der Waals surface area (Å²) in [5.74, 6) is 0.774. The molecule has 1 heterocycles. The van der Waals surface area contributed by atoms with E-state index in [-0.39, 0.29) is 17.7 Å². The van der Waals surface area contributed by atoms with E-state index in [1.165, 1.54) is 18.9 Å². The first-order valence-corrected chi connectivity index (χ1v) is 9.85. The van der Waals surface area contributed by atoms with Crippen LogP contribution in [-0.4, -0.2) is 36.8 Å². The Hall–Kier alpha value is -2.66. The number of methoxy groups -OCH3 is 1. The second-order valence-corrected chi connectivity index (χ2v) is 7.29. The first kappa shape index (κ1) is 20.1. The highest BCUT2D eigenvalue weighted by atomic mass is 16.5. The van der Waals surface area contributed by atoms with Gasteiger partial charge in [0.05, 0.1) is 13.7 Å². The molecule has 1 amide bonds. The summed E-state index contributed by atoms with van der Waals surface area (Å²) in [5, 5.41) is 2.94. The molecule has 0 saturated carbocycles. The summed E-state index contributed by atoms with van der Waals surface area (Å²) < 4.78 is 5.26. The SMILES string of the molecule is COc1ccc([C@H]2CCCCCN2CC(=O)Nc2cccc(C(C)=O)c2)cc1. The van der Waals surface area contributed by atoms with Crippen LogP contribution in [0.3, 0.4) is 0 Å². The van der Waals surface area contributed by atoms with Crippen molar-refractivity contribution in [1.82, 2.24) is 4.90 Å². The zero-order chi connectivity index (χ0) is 19.9. The van der Waals surface area contributed by atoms with E-state index in [1.54, 1.807) is 25.3 Å². The van der Waals surface area contributed by atoms with Crippen LogP contribution in [0.1, 0.15) is 54.6 Å². The Morgan fingerprint density at radius 3 is 2.61 bits per heavy atom. The first-order valence-electron chi connectivity index (χ1n) is 9.85. The van der Waals surface area contributed by atoms with Gasteiger partial charge in [-0.2, -0.15) is 0 Å². The molecule has 148 valence electrons. The van der Waals surface area contributed by atoms with Gasteiger partial charge < -0.3 is 10.1 Å². The summed E-state index contributed by atoms with van der Waals surface area (Å²) in [4.78, 5) is 26.5. The number of ether oxygens (including phenoxy) is 1. The number of Topliss-reactive ketones (excluding diaryl/α,β-unsaturated/α-hetero) is 1. The summed E-state index contributed by atoms with van der Waals surface area (Å²) >= 11 is 0. The number of hydrogen-bond donors (Lipinski definition) is 1. The van der Waals surface area contributed by atoms with Crippen molar-refractivity contribution in [3.63, 3.8) is 0 Å². The molecule has 5 heteroatoms. The molecule has 1 atom stereocenters. The van der Waals surface area contributed by atoms with Crippen molar-refractivity contribution in [3.8, 4) is 5.75 Å². The van der Waals surface area contributed by atoms with Gasteiger partial charge in [0.2, 0.25) is 5.91 Å². The number of nitrogens with zero attached hydrogens (tertiary/aromatic N) is 1. The van der Waals surface area contributed by atoms with Gasteiger partial charge in [0.15, 0.2) is 5.78 Å². The van der Waals surface area contributed by atoms with Crippen LogP contribution in [0.5, 0.6) is 5.75 Å². The van der Waals surface area contributed by atoms with Gasteiger partial charge in [-0.05, 0) is 56.1 Å². The molecule has 0 unspecified atom stereocenters. The Morgan fingerprint density at radius 2 is 1.89 bits per heavy atom. The smallest absolute Gasteiger partial charge is 0.238 e. The van der Waals surface area contributed by atoms with E-state index in [1.807, 2.05) is 18.2 Å². The normalized spacial score (nSPS) is 17.6. The second-order valence-electron chi connectivity index (χ2n) is 7.29. The number of likely N-dealkylation sites (tertiary alicyclic amines) is 1. The number of amides is 1. The molecule has 2 aromatic rings. The van der Waals surface area contributed by atoms with Crippen molar-refractivity contribution in [2.24, 2.45) is 0 Å². The number of ketones is 1. The molecule has 0 bridgehead atoms. The molecule has 1 N–H and O–H groups in total. The molecule has 0 aliphatic carbocycles. The third kappa shape index (κ3) is 5.20. The minimum absolute atomic E-state index is 0.0109. The van der Waals surface area contributed by atoms with E-state index in [2.05, 4.69) is 22.3 Å². The van der Waals surface area contributed by atoms with Crippen LogP contribution in [0, 0.1) is 0 Å². The third-order valence-electron chi connectivity index (χ3n) is 5.26. The molecular weight excluding hydrogens is 352 g/mol. The number of carbonyl (C=O) groups is 2. The number of carbonyl (C=O) groups excluding carboxylic acids is 2. The third-order valence-corrected chi connectivity index (χ3v) is 5.26. The molecule has 28 heavy (non-hydrogen) atoms. The van der Waals surface area contributed by atoms with E-state index in [9.17, 15) is 9.59 Å². The molecule has 0 spiro atoms. The lowest BCUT2D eigenvalue weighted by molar-refractivity contribution is -0.117. The lowest BCUT2D eigenvalue weighted by Gasteiger charge is -2.29. The van der Waals surface area contributed by atoms with E-state index in [4.69, 9.17) is 4.74 Å². The van der Waals surface area contributed by atoms with Gasteiger partial charge in [-0.25, -0.2) is 0 Å². The van der Waals surface area contributed by atoms with Crippen molar-refractivity contribution < 1.29 is 14.3 Å². The topological polar surface area (TPSA) is 58.6 Å². The fourth-order valence-electron chi connectivity index (χ4n) is 3.76. The minimum atomic E-state index is -0.0545. The van der Waals surface area contributed by atoms with Crippen LogP contribution in [-0.2, 0) is 4.79 Å². The van der Waals surface area contributed by atoms with Crippen LogP contribution in [0.2, 0.25) is 0 Å². The molecule has 5 nitrogen and oxygen atoms in total. The Labute approximate surface area is 166 Å². The van der Waals surface area contributed by atoms with Gasteiger partial charge in [-0.15, -0.1) is 0 Å². The highest BCUT2D eigenvalue weighted by Crippen LogP contribution is 2.31. The maximum Gasteiger partial charge on any atom is 0.238 e. The van der Waals surface area contributed by atoms with E-state index in [0.717, 1.165) is 31.6 Å². The van der Waals surface area contributed by atoms with E-state index >= 15 is 0 Å². The fourth-order valence-corrected chi connectivity index (χ4v) is 3.76. The molecule has 0 radical (unpaired) electrons. The largest absolute Gasteiger partial charge is 0.497 e. The van der Waals surface area contributed by atoms with Crippen molar-refractivity contribution in [1.29, 1.82) is 0 Å². The van der Waals surface area contributed by atoms with Crippen LogP contribution < -0.4 is 10.1 Å². The molecule has 1 saturated heterocycles. The predicted octanol–water partition coefficient (Wildman–Crippen LogP) is 4.45. The highest BCUT2D eigenvalue weighted by molar-refractivity contribution is 5.97. The van der Waals surface area contributed by atoms with Gasteiger partial charge in [-0.3, -0.25) is 14.5 Å². The van der Waals surface area contributed by atoms with Crippen LogP contribution in [0.4, 0.5) is 5.69 Å². The lowest BCUT2D eigenvalue weighted by Crippen LogP contribution is -2.36. The van der Waals surface area contributed by atoms with Crippen molar-refractivity contribution in [2.75, 3.05) is 25.5 Å². The van der Waals surface area contributed by atoms with Gasteiger partial charge >= 0.3 is 0 Å². The highest BCUT2D eigenvalue weighted by Gasteiger charge is 2.24. The van der Waals surface area contributed by atoms with Crippen molar-refractivity contribution >= 4 is 17.4 Å². The molecule has 1 fully saturated rings. The van der Waals surface area contributed by atoms with Crippen LogP contribution >= 0.6 is 0 Å². The average molecular weight is 380 g/mol. The summed E-state index contributed by atoms with van der Waals surface area (Å²) in [6.45, 7) is 2.76. The summed E-state index contributed by atoms with van der Waals surface area (Å²) in [6, 6.07) is 15.5. The number of anilines is 1. The predicted molar refractivity (Wildman–Crippen MR) is 111 cm³/mol. The van der Waals surface area contributed by atoms with Gasteiger partial charge in [0.25, 0.3) is 0 Å². The summed E-state index contributed by atoms with van der Waals surface area (Å²) in [7, 11) is 1.67. The van der Waals surface area contributed by atoms with Crippen molar-refractivity contribution in [2.45, 2.75) is 38.6 Å². The minimum Gasteiger partial charge on any atom is -0.497 e. The van der Waals surface area contributed by atoms with E-state index < -0.39 is 0 Å². The first-order chi connectivity index (χ1) is 13.6. The van der Waals surface area contributed by atoms with Crippen molar-refractivity contribution in [3.05, 3.63) is 59.7 Å². The monoisotopic (exact) mass is 380 g/mol. The molecule has 1 aliphatic heterocycles. The Balaban J connectivity index is 1.70. The summed E-state index contributed by atoms with van der Waals surface area (Å²) in [5.41, 5.74) is 2.48. The van der Waals surface area contributed by atoms with Gasteiger partial charge in [0.1, 0.15) is 5.75 Å². The standard InChI is InChI=1S/C23H28N2O3/c1-17(26)19-7-6-8-20(15-19)24-23(27)16-25-14-5-3-4-9-22(25)18-10-12-21(28-2)13-11-18/h6-8,10-13,15,22H,3-5,9,14,16H2,1-2H3,(H,24,27)/t22-/m1/s1. The maximum absolute atomic E-state index is 12.7. The van der Waals surface area contributed by atoms with Gasteiger partial charge in [-0.1, -0.05) is 37.1 Å². The lowest BCUT2D eigenvalue weighted by atomic mass is 10.0. The fraction of sp³-hybridized carbons (Fsp3) is 0.391. The Bertz CT molecular complexity index is 817. The molecule has 2 aromatic carbocycles. The maximum atomic E-state index is 12.7. The van der Waals surface area contributed by atoms with Crippen LogP contribution in [0.15, 0.2) is 48.5 Å². The Morgan fingerprint density at radius 1 is 1.11 bits per heavy atom. The Kier molecular flexibility index (Phi) is 6.82. The van der Waals surface area contributed by atoms with Crippen LogP contribution in [0.25, 0.3) is 0 Å². The number of rotatable bonds is 6. The summed E-state index contributed by atoms with van der Waals surface area (Å²) in [6.07, 6.45) is 4.49. The molecule has 1 aliphatic rings. The zero-order valence-electron chi connectivity index (χ0n) is 16.6. The molecular formula is C23H28N2O3. The van der Waals surface area contributed by atoms with E-state index in [0.29, 0.717) is 17.8 Å². The second kappa shape index (κ2) is 9.51. The number of hydrogen-bond acceptors (Lipinski definition) is 4. The molecule has 0 aromatic heterocycles. The number of benzene rings is 2. The molecule has 3 rings (SSSR count). The average Bonchev–Trinajstić information content (AvgIpc) is 2.93. The number of nitrogens with one attached hydrogen (secondary N) is 1. The zero-order valence-corrected chi connectivity index (χ0v) is 16.6.